The van der Waals surface area contributed by atoms with Crippen LogP contribution in [0.3, 0.4) is 0 Å². The highest BCUT2D eigenvalue weighted by Gasteiger charge is 2.26. The molecule has 0 radical (unpaired) electrons. The second-order valence-electron chi connectivity index (χ2n) is 7.49. The Balaban J connectivity index is 1.63. The molecule has 0 saturated heterocycles. The second-order valence-corrected chi connectivity index (χ2v) is 9.43. The lowest BCUT2D eigenvalue weighted by atomic mass is 10.1. The van der Waals surface area contributed by atoms with Gasteiger partial charge in [-0.3, -0.25) is 4.79 Å². The van der Waals surface area contributed by atoms with Crippen molar-refractivity contribution in [2.75, 3.05) is 6.79 Å². The van der Waals surface area contributed by atoms with Crippen LogP contribution in [-0.2, 0) is 34.3 Å². The van der Waals surface area contributed by atoms with Crippen LogP contribution in [0.2, 0.25) is 0 Å². The maximum Gasteiger partial charge on any atom is 0.303 e. The van der Waals surface area contributed by atoms with Crippen molar-refractivity contribution in [1.82, 2.24) is 4.31 Å². The lowest BCUT2D eigenvalue weighted by Gasteiger charge is -2.23. The third-order valence-corrected chi connectivity index (χ3v) is 6.96. The summed E-state index contributed by atoms with van der Waals surface area (Å²) in [6.07, 6.45) is 0.406. The first-order valence-corrected chi connectivity index (χ1v) is 11.6. The van der Waals surface area contributed by atoms with Crippen LogP contribution in [0.1, 0.15) is 23.1 Å². The number of rotatable bonds is 9. The van der Waals surface area contributed by atoms with Gasteiger partial charge in [0.15, 0.2) is 11.5 Å². The standard InChI is InChI=1S/C24H23NO6S/c26-24(27)12-10-18-5-4-6-19(13-18)15-25(32(28,29)21-7-2-1-3-8-21)16-20-9-11-22-23(14-20)31-17-30-22/h1-9,11,13-14H,10,12,15-17H2,(H,26,27). The first-order valence-electron chi connectivity index (χ1n) is 10.2. The highest BCUT2D eigenvalue weighted by Crippen LogP contribution is 2.33. The number of aliphatic carboxylic acids is 1. The van der Waals surface area contributed by atoms with E-state index in [4.69, 9.17) is 14.6 Å². The molecule has 32 heavy (non-hydrogen) atoms. The molecule has 0 atom stereocenters. The summed E-state index contributed by atoms with van der Waals surface area (Å²) in [5, 5.41) is 8.95. The summed E-state index contributed by atoms with van der Waals surface area (Å²) in [5.41, 5.74) is 2.41. The maximum absolute atomic E-state index is 13.5. The van der Waals surface area contributed by atoms with Gasteiger partial charge in [-0.25, -0.2) is 8.42 Å². The number of carboxylic acid groups (broad SMARTS) is 1. The number of carbonyl (C=O) groups is 1. The predicted molar refractivity (Wildman–Crippen MR) is 118 cm³/mol. The minimum atomic E-state index is -3.78. The normalized spacial score (nSPS) is 12.8. The molecule has 3 aromatic carbocycles. The molecule has 7 nitrogen and oxygen atoms in total. The molecule has 1 aliphatic rings. The van der Waals surface area contributed by atoms with Crippen molar-refractivity contribution in [2.24, 2.45) is 0 Å². The van der Waals surface area contributed by atoms with Crippen molar-refractivity contribution in [3.63, 3.8) is 0 Å². The maximum atomic E-state index is 13.5. The Bertz CT molecular complexity index is 1210. The molecule has 1 N–H and O–H groups in total. The summed E-state index contributed by atoms with van der Waals surface area (Å²) < 4.78 is 39.1. The molecule has 0 unspecified atom stereocenters. The van der Waals surface area contributed by atoms with Gasteiger partial charge in [0.2, 0.25) is 16.8 Å². The summed E-state index contributed by atoms with van der Waals surface area (Å²) in [7, 11) is -3.78. The molecule has 166 valence electrons. The molecule has 8 heteroatoms. The molecule has 0 bridgehead atoms. The van der Waals surface area contributed by atoms with Crippen LogP contribution < -0.4 is 9.47 Å². The first-order chi connectivity index (χ1) is 15.4. The number of hydrogen-bond donors (Lipinski definition) is 1. The second kappa shape index (κ2) is 9.42. The summed E-state index contributed by atoms with van der Waals surface area (Å²) in [4.78, 5) is 11.1. The average Bonchev–Trinajstić information content (AvgIpc) is 3.26. The number of hydrogen-bond acceptors (Lipinski definition) is 5. The molecule has 0 aromatic heterocycles. The monoisotopic (exact) mass is 453 g/mol. The number of benzene rings is 3. The predicted octanol–water partition coefficient (Wildman–Crippen LogP) is 3.82. The van der Waals surface area contributed by atoms with E-state index in [0.717, 1.165) is 16.7 Å². The molecule has 1 aliphatic heterocycles. The molecule has 0 aliphatic carbocycles. The Kier molecular flexibility index (Phi) is 6.43. The number of aryl methyl sites for hydroxylation is 1. The number of sulfonamides is 1. The van der Waals surface area contributed by atoms with Gasteiger partial charge in [0.1, 0.15) is 0 Å². The molecule has 4 rings (SSSR count). The van der Waals surface area contributed by atoms with E-state index in [2.05, 4.69) is 0 Å². The summed E-state index contributed by atoms with van der Waals surface area (Å²) in [5.74, 6) is 0.360. The van der Waals surface area contributed by atoms with Gasteiger partial charge in [0.05, 0.1) is 4.90 Å². The summed E-state index contributed by atoms with van der Waals surface area (Å²) in [6, 6.07) is 21.1. The molecule has 0 saturated carbocycles. The Morgan fingerprint density at radius 2 is 1.53 bits per heavy atom. The van der Waals surface area contributed by atoms with Gasteiger partial charge in [-0.15, -0.1) is 0 Å². The SMILES string of the molecule is O=C(O)CCc1cccc(CN(Cc2ccc3c(c2)OCO3)S(=O)(=O)c2ccccc2)c1. The van der Waals surface area contributed by atoms with Crippen LogP contribution in [0.4, 0.5) is 0 Å². The van der Waals surface area contributed by atoms with E-state index in [-0.39, 0.29) is 31.2 Å². The van der Waals surface area contributed by atoms with Crippen molar-refractivity contribution in [1.29, 1.82) is 0 Å². The Morgan fingerprint density at radius 3 is 2.28 bits per heavy atom. The van der Waals surface area contributed by atoms with Gasteiger partial charge in [0, 0.05) is 19.5 Å². The molecule has 0 fully saturated rings. The molecule has 1 heterocycles. The van der Waals surface area contributed by atoms with Gasteiger partial charge < -0.3 is 14.6 Å². The fourth-order valence-electron chi connectivity index (χ4n) is 3.55. The molecule has 3 aromatic rings. The number of ether oxygens (including phenoxy) is 2. The van der Waals surface area contributed by atoms with E-state index in [0.29, 0.717) is 17.9 Å². The van der Waals surface area contributed by atoms with E-state index in [1.807, 2.05) is 30.3 Å². The minimum absolute atomic E-state index is 0.0205. The van der Waals surface area contributed by atoms with Crippen LogP contribution >= 0.6 is 0 Å². The number of fused-ring (bicyclic) bond motifs is 1. The smallest absolute Gasteiger partial charge is 0.303 e. The van der Waals surface area contributed by atoms with E-state index in [1.54, 1.807) is 42.5 Å². The minimum Gasteiger partial charge on any atom is -0.481 e. The molecular formula is C24H23NO6S. The van der Waals surface area contributed by atoms with E-state index >= 15 is 0 Å². The molecule has 0 spiro atoms. The lowest BCUT2D eigenvalue weighted by Crippen LogP contribution is -2.30. The Morgan fingerprint density at radius 1 is 0.844 bits per heavy atom. The van der Waals surface area contributed by atoms with Gasteiger partial charge >= 0.3 is 5.97 Å². The van der Waals surface area contributed by atoms with Crippen LogP contribution in [0, 0.1) is 0 Å². The van der Waals surface area contributed by atoms with Gasteiger partial charge in [0.25, 0.3) is 0 Å². The van der Waals surface area contributed by atoms with E-state index in [1.165, 1.54) is 4.31 Å². The zero-order valence-corrected chi connectivity index (χ0v) is 18.1. The van der Waals surface area contributed by atoms with Gasteiger partial charge in [-0.05, 0) is 47.4 Å². The summed E-state index contributed by atoms with van der Waals surface area (Å²) >= 11 is 0. The van der Waals surface area contributed by atoms with Gasteiger partial charge in [-0.2, -0.15) is 4.31 Å². The van der Waals surface area contributed by atoms with Crippen molar-refractivity contribution >= 4 is 16.0 Å². The van der Waals surface area contributed by atoms with Crippen LogP contribution in [0.25, 0.3) is 0 Å². The quantitative estimate of drug-likeness (QED) is 0.529. The van der Waals surface area contributed by atoms with Gasteiger partial charge in [-0.1, -0.05) is 48.5 Å². The molecular weight excluding hydrogens is 430 g/mol. The largest absolute Gasteiger partial charge is 0.481 e. The topological polar surface area (TPSA) is 93.1 Å². The Labute approximate surface area is 186 Å². The van der Waals surface area contributed by atoms with Crippen molar-refractivity contribution in [2.45, 2.75) is 30.8 Å². The zero-order valence-electron chi connectivity index (χ0n) is 17.3. The van der Waals surface area contributed by atoms with E-state index in [9.17, 15) is 13.2 Å². The van der Waals surface area contributed by atoms with Crippen molar-refractivity contribution in [3.8, 4) is 11.5 Å². The van der Waals surface area contributed by atoms with Crippen molar-refractivity contribution < 1.29 is 27.8 Å². The average molecular weight is 454 g/mol. The van der Waals surface area contributed by atoms with E-state index < -0.39 is 16.0 Å². The first kappa shape index (κ1) is 21.9. The fourth-order valence-corrected chi connectivity index (χ4v) is 4.99. The third-order valence-electron chi connectivity index (χ3n) is 5.15. The Hall–Kier alpha value is -3.36. The van der Waals surface area contributed by atoms with Crippen LogP contribution in [0.5, 0.6) is 11.5 Å². The molecule has 0 amide bonds. The highest BCUT2D eigenvalue weighted by molar-refractivity contribution is 7.89. The fraction of sp³-hybridized carbons (Fsp3) is 0.208. The van der Waals surface area contributed by atoms with Crippen molar-refractivity contribution in [3.05, 3.63) is 89.5 Å². The zero-order chi connectivity index (χ0) is 22.6. The third kappa shape index (κ3) is 5.09. The number of nitrogens with zero attached hydrogens (tertiary/aromatic N) is 1. The number of carboxylic acids is 1. The van der Waals surface area contributed by atoms with Crippen LogP contribution in [0.15, 0.2) is 77.7 Å². The van der Waals surface area contributed by atoms with Crippen LogP contribution in [-0.4, -0.2) is 30.6 Å². The lowest BCUT2D eigenvalue weighted by molar-refractivity contribution is -0.136. The highest BCUT2D eigenvalue weighted by atomic mass is 32.2. The summed E-state index contributed by atoms with van der Waals surface area (Å²) in [6.45, 7) is 0.438.